The number of aromatic nitrogens is 2. The quantitative estimate of drug-likeness (QED) is 0.288. The Hall–Kier alpha value is -3.02. The first-order valence-electron chi connectivity index (χ1n) is 10.8. The zero-order valence-corrected chi connectivity index (χ0v) is 20.0. The molecule has 1 unspecified atom stereocenters. The molecule has 0 bridgehead atoms. The molecular weight excluding hydrogens is 457 g/mol. The molecule has 0 spiro atoms. The average molecular weight is 482 g/mol. The molecule has 0 fully saturated rings. The fourth-order valence-corrected chi connectivity index (χ4v) is 4.06. The summed E-state index contributed by atoms with van der Waals surface area (Å²) in [6, 6.07) is 20.3. The molecule has 1 N–H and O–H groups in total. The Morgan fingerprint density at radius 2 is 1.91 bits per heavy atom. The number of rotatable bonds is 8. The van der Waals surface area contributed by atoms with Gasteiger partial charge >= 0.3 is 0 Å². The predicted octanol–water partition coefficient (Wildman–Crippen LogP) is 6.61. The van der Waals surface area contributed by atoms with Gasteiger partial charge in [0.1, 0.15) is 11.6 Å². The maximum absolute atomic E-state index is 12.7. The molecule has 3 aromatic carbocycles. The molecule has 4 rings (SSSR count). The van der Waals surface area contributed by atoms with Crippen molar-refractivity contribution >= 4 is 40.1 Å². The molecule has 1 heterocycles. The van der Waals surface area contributed by atoms with E-state index in [9.17, 15) is 4.79 Å². The molecule has 33 heavy (non-hydrogen) atoms. The van der Waals surface area contributed by atoms with Gasteiger partial charge in [0.15, 0.2) is 0 Å². The van der Waals surface area contributed by atoms with Crippen LogP contribution in [0.5, 0.6) is 5.75 Å². The summed E-state index contributed by atoms with van der Waals surface area (Å²) in [6.45, 7) is 5.15. The molecule has 1 atom stereocenters. The molecule has 4 aromatic rings. The lowest BCUT2D eigenvalue weighted by Crippen LogP contribution is -2.28. The zero-order chi connectivity index (χ0) is 23.4. The topological polar surface area (TPSA) is 56.1 Å². The van der Waals surface area contributed by atoms with E-state index in [-0.39, 0.29) is 11.9 Å². The number of carbonyl (C=O) groups is 1. The van der Waals surface area contributed by atoms with Gasteiger partial charge in [-0.05, 0) is 74.4 Å². The maximum atomic E-state index is 12.7. The second-order valence-electron chi connectivity index (χ2n) is 7.93. The molecule has 0 radical (unpaired) electrons. The lowest BCUT2D eigenvalue weighted by Gasteiger charge is -2.17. The Bertz CT molecular complexity index is 1290. The van der Waals surface area contributed by atoms with Gasteiger partial charge in [0.05, 0.1) is 23.7 Å². The highest BCUT2D eigenvalue weighted by atomic mass is 35.5. The highest BCUT2D eigenvalue weighted by Crippen LogP contribution is 2.23. The third-order valence-corrected chi connectivity index (χ3v) is 6.09. The molecular formula is C26H25Cl2N3O2. The number of halogens is 2. The molecule has 7 heteroatoms. The van der Waals surface area contributed by atoms with Crippen LogP contribution >= 0.6 is 23.2 Å². The number of carbonyl (C=O) groups excluding carboxylic acids is 1. The molecule has 0 aliphatic carbocycles. The monoisotopic (exact) mass is 481 g/mol. The van der Waals surface area contributed by atoms with Crippen molar-refractivity contribution in [2.24, 2.45) is 0 Å². The van der Waals surface area contributed by atoms with Crippen molar-refractivity contribution in [1.29, 1.82) is 0 Å². The third-order valence-electron chi connectivity index (χ3n) is 5.43. The Balaban J connectivity index is 1.47. The summed E-state index contributed by atoms with van der Waals surface area (Å²) in [4.78, 5) is 17.5. The van der Waals surface area contributed by atoms with Crippen LogP contribution in [-0.4, -0.2) is 22.1 Å². The fourth-order valence-electron chi connectivity index (χ4n) is 3.75. The van der Waals surface area contributed by atoms with E-state index in [1.165, 1.54) is 0 Å². The number of aryl methyl sites for hydroxylation is 2. The molecule has 170 valence electrons. The molecule has 0 aliphatic heterocycles. The van der Waals surface area contributed by atoms with Gasteiger partial charge in [0.25, 0.3) is 5.91 Å². The smallest absolute Gasteiger partial charge is 0.251 e. The molecule has 0 saturated carbocycles. The highest BCUT2D eigenvalue weighted by molar-refractivity contribution is 6.31. The van der Waals surface area contributed by atoms with Gasteiger partial charge in [-0.25, -0.2) is 4.98 Å². The fraction of sp³-hybridized carbons (Fsp3) is 0.231. The lowest BCUT2D eigenvalue weighted by atomic mass is 10.2. The van der Waals surface area contributed by atoms with Crippen molar-refractivity contribution in [2.75, 3.05) is 6.61 Å². The third kappa shape index (κ3) is 5.49. The van der Waals surface area contributed by atoms with E-state index in [1.54, 1.807) is 24.3 Å². The number of imidazole rings is 1. The van der Waals surface area contributed by atoms with Crippen LogP contribution in [0.2, 0.25) is 10.0 Å². The van der Waals surface area contributed by atoms with Crippen LogP contribution in [-0.2, 0) is 6.54 Å². The SMILES string of the molecule is Cc1cc(OCCCn2c(C(C)NC(=O)c3cccc(Cl)c3)nc3ccccc32)ccc1Cl. The van der Waals surface area contributed by atoms with Crippen LogP contribution in [0.3, 0.4) is 0 Å². The van der Waals surface area contributed by atoms with E-state index < -0.39 is 0 Å². The second kappa shape index (κ2) is 10.3. The van der Waals surface area contributed by atoms with Gasteiger partial charge in [-0.1, -0.05) is 41.4 Å². The predicted molar refractivity (Wildman–Crippen MR) is 133 cm³/mol. The summed E-state index contributed by atoms with van der Waals surface area (Å²) in [5.74, 6) is 1.41. The number of nitrogens with one attached hydrogen (secondary N) is 1. The summed E-state index contributed by atoms with van der Waals surface area (Å²) >= 11 is 12.1. The number of nitrogens with zero attached hydrogens (tertiary/aromatic N) is 2. The molecule has 5 nitrogen and oxygen atoms in total. The average Bonchev–Trinajstić information content (AvgIpc) is 3.18. The van der Waals surface area contributed by atoms with Crippen LogP contribution in [0, 0.1) is 6.92 Å². The van der Waals surface area contributed by atoms with Gasteiger partial charge in [-0.15, -0.1) is 0 Å². The van der Waals surface area contributed by atoms with Crippen molar-refractivity contribution in [1.82, 2.24) is 14.9 Å². The highest BCUT2D eigenvalue weighted by Gasteiger charge is 2.19. The molecule has 0 saturated heterocycles. The number of fused-ring (bicyclic) bond motifs is 1. The second-order valence-corrected chi connectivity index (χ2v) is 8.77. The summed E-state index contributed by atoms with van der Waals surface area (Å²) in [5, 5.41) is 4.30. The number of hydrogen-bond donors (Lipinski definition) is 1. The van der Waals surface area contributed by atoms with E-state index in [0.29, 0.717) is 23.7 Å². The standard InChI is InChI=1S/C26H25Cl2N3O2/c1-17-15-21(11-12-22(17)28)33-14-6-13-31-24-10-4-3-9-23(24)30-25(31)18(2)29-26(32)19-7-5-8-20(27)16-19/h3-5,7-12,15-16,18H,6,13-14H2,1-2H3,(H,29,32). The van der Waals surface area contributed by atoms with Crippen LogP contribution in [0.15, 0.2) is 66.7 Å². The minimum atomic E-state index is -0.288. The largest absolute Gasteiger partial charge is 0.494 e. The van der Waals surface area contributed by atoms with Gasteiger partial charge in [0, 0.05) is 22.2 Å². The Morgan fingerprint density at radius 1 is 1.09 bits per heavy atom. The van der Waals surface area contributed by atoms with E-state index in [1.807, 2.05) is 56.3 Å². The Labute approximate surface area is 203 Å². The van der Waals surface area contributed by atoms with Crippen LogP contribution in [0.25, 0.3) is 11.0 Å². The van der Waals surface area contributed by atoms with Gasteiger partial charge in [0.2, 0.25) is 0 Å². The van der Waals surface area contributed by atoms with Crippen molar-refractivity contribution in [3.63, 3.8) is 0 Å². The van der Waals surface area contributed by atoms with Crippen molar-refractivity contribution in [3.8, 4) is 5.75 Å². The van der Waals surface area contributed by atoms with Gasteiger partial charge in [-0.3, -0.25) is 4.79 Å². The van der Waals surface area contributed by atoms with Crippen molar-refractivity contribution in [2.45, 2.75) is 32.9 Å². The van der Waals surface area contributed by atoms with Crippen molar-refractivity contribution < 1.29 is 9.53 Å². The van der Waals surface area contributed by atoms with E-state index >= 15 is 0 Å². The minimum Gasteiger partial charge on any atom is -0.494 e. The Morgan fingerprint density at radius 3 is 2.70 bits per heavy atom. The molecule has 0 aliphatic rings. The van der Waals surface area contributed by atoms with E-state index in [4.69, 9.17) is 32.9 Å². The number of ether oxygens (including phenoxy) is 1. The number of benzene rings is 3. The Kier molecular flexibility index (Phi) is 7.21. The summed E-state index contributed by atoms with van der Waals surface area (Å²) in [5.41, 5.74) is 3.43. The van der Waals surface area contributed by atoms with Crippen LogP contribution < -0.4 is 10.1 Å². The molecule has 1 aromatic heterocycles. The van der Waals surface area contributed by atoms with Crippen LogP contribution in [0.1, 0.15) is 41.1 Å². The summed E-state index contributed by atoms with van der Waals surface area (Å²) < 4.78 is 8.06. The summed E-state index contributed by atoms with van der Waals surface area (Å²) in [7, 11) is 0. The minimum absolute atomic E-state index is 0.190. The number of para-hydroxylation sites is 2. The normalized spacial score (nSPS) is 12.0. The molecule has 1 amide bonds. The maximum Gasteiger partial charge on any atom is 0.251 e. The van der Waals surface area contributed by atoms with E-state index in [0.717, 1.165) is 39.6 Å². The first kappa shape index (κ1) is 23.1. The number of amides is 1. The number of hydrogen-bond acceptors (Lipinski definition) is 3. The lowest BCUT2D eigenvalue weighted by molar-refractivity contribution is 0.0937. The van der Waals surface area contributed by atoms with Gasteiger partial charge in [-0.2, -0.15) is 0 Å². The van der Waals surface area contributed by atoms with Gasteiger partial charge < -0.3 is 14.6 Å². The van der Waals surface area contributed by atoms with Crippen molar-refractivity contribution in [3.05, 3.63) is 93.7 Å². The zero-order valence-electron chi connectivity index (χ0n) is 18.5. The van der Waals surface area contributed by atoms with Crippen LogP contribution in [0.4, 0.5) is 0 Å². The first-order valence-corrected chi connectivity index (χ1v) is 11.6. The summed E-state index contributed by atoms with van der Waals surface area (Å²) in [6.07, 6.45) is 0.782. The van der Waals surface area contributed by atoms with E-state index in [2.05, 4.69) is 9.88 Å². The first-order chi connectivity index (χ1) is 15.9.